The molecule has 9 heteroatoms. The van der Waals surface area contributed by atoms with Gasteiger partial charge >= 0.3 is 10.1 Å². The molecule has 1 N–H and O–H groups in total. The highest BCUT2D eigenvalue weighted by atomic mass is 32.2. The quantitative estimate of drug-likeness (QED) is 0.528. The molecule has 1 aliphatic rings. The molecular weight excluding hydrogens is 442 g/mol. The molecule has 0 aliphatic carbocycles. The monoisotopic (exact) mass is 469 g/mol. The van der Waals surface area contributed by atoms with Gasteiger partial charge in [-0.1, -0.05) is 24.3 Å². The van der Waals surface area contributed by atoms with Crippen molar-refractivity contribution in [2.75, 3.05) is 44.4 Å². The summed E-state index contributed by atoms with van der Waals surface area (Å²) in [6.07, 6.45) is 1.00. The number of methoxy groups -OCH3 is 1. The van der Waals surface area contributed by atoms with Crippen molar-refractivity contribution < 1.29 is 22.4 Å². The normalized spacial score (nSPS) is 14.8. The number of nitrogens with zero attached hydrogens (tertiary/aromatic N) is 3. The van der Waals surface area contributed by atoms with Gasteiger partial charge in [-0.3, -0.25) is 9.88 Å². The van der Waals surface area contributed by atoms with Gasteiger partial charge in [-0.2, -0.15) is 8.42 Å². The maximum Gasteiger partial charge on any atom is 0.306 e. The van der Waals surface area contributed by atoms with Crippen LogP contribution in [0.5, 0.6) is 17.2 Å². The Labute approximate surface area is 194 Å². The number of phenolic OH excluding ortho intramolecular Hbond substituents is 1. The van der Waals surface area contributed by atoms with Gasteiger partial charge in [-0.25, -0.2) is 0 Å². The van der Waals surface area contributed by atoms with E-state index in [0.29, 0.717) is 23.5 Å². The van der Waals surface area contributed by atoms with Gasteiger partial charge in [0.2, 0.25) is 0 Å². The van der Waals surface area contributed by atoms with E-state index in [9.17, 15) is 13.5 Å². The fraction of sp³-hybridized carbons (Fsp3) is 0.292. The molecule has 1 aromatic heterocycles. The molecule has 1 fully saturated rings. The smallest absolute Gasteiger partial charge is 0.306 e. The second-order valence-corrected chi connectivity index (χ2v) is 9.49. The summed E-state index contributed by atoms with van der Waals surface area (Å²) in [5.41, 5.74) is 2.71. The molecule has 4 rings (SSSR count). The maximum absolute atomic E-state index is 11.7. The Hall–Kier alpha value is -3.30. The van der Waals surface area contributed by atoms with Gasteiger partial charge < -0.3 is 18.9 Å². The molecule has 174 valence electrons. The van der Waals surface area contributed by atoms with Gasteiger partial charge in [0, 0.05) is 50.4 Å². The number of rotatable bonds is 7. The highest BCUT2D eigenvalue weighted by Gasteiger charge is 2.21. The van der Waals surface area contributed by atoms with Crippen molar-refractivity contribution >= 4 is 15.8 Å². The minimum atomic E-state index is -3.70. The summed E-state index contributed by atoms with van der Waals surface area (Å²) in [5, 5.41) is 10.3. The zero-order valence-electron chi connectivity index (χ0n) is 18.6. The summed E-state index contributed by atoms with van der Waals surface area (Å²) in [6.45, 7) is 3.80. The van der Waals surface area contributed by atoms with Gasteiger partial charge in [0.25, 0.3) is 0 Å². The number of para-hydroxylation sites is 3. The molecular formula is C24H27N3O5S. The standard InChI is InChI=1S/C24H27N3O5S/c1-31-24-10-6-4-8-22(24)27-13-11-26(12-14-27)17-18-15-19(32-33(2,29)30)16-21(25-18)20-7-3-5-9-23(20)28/h3-10,15-16,28H,11-14,17H2,1-2H3. The predicted molar refractivity (Wildman–Crippen MR) is 127 cm³/mol. The predicted octanol–water partition coefficient (Wildman–Crippen LogP) is 3.12. The van der Waals surface area contributed by atoms with Crippen molar-refractivity contribution in [3.63, 3.8) is 0 Å². The fourth-order valence-corrected chi connectivity index (χ4v) is 4.40. The van der Waals surface area contributed by atoms with Crippen molar-refractivity contribution in [1.29, 1.82) is 0 Å². The Balaban J connectivity index is 1.53. The SMILES string of the molecule is COc1ccccc1N1CCN(Cc2cc(OS(C)(=O)=O)cc(-c3ccccc3O)n2)CC1. The molecule has 0 saturated carbocycles. The van der Waals surface area contributed by atoms with Crippen LogP contribution in [0.25, 0.3) is 11.3 Å². The first-order valence-corrected chi connectivity index (χ1v) is 12.4. The third-order valence-corrected chi connectivity index (χ3v) is 5.96. The number of anilines is 1. The molecule has 0 radical (unpaired) electrons. The second-order valence-electron chi connectivity index (χ2n) is 7.92. The molecule has 1 saturated heterocycles. The average molecular weight is 470 g/mol. The third kappa shape index (κ3) is 5.74. The lowest BCUT2D eigenvalue weighted by molar-refractivity contribution is 0.246. The molecule has 8 nitrogen and oxygen atoms in total. The van der Waals surface area contributed by atoms with E-state index in [2.05, 4.69) is 20.9 Å². The number of hydrogen-bond donors (Lipinski definition) is 1. The minimum Gasteiger partial charge on any atom is -0.507 e. The maximum atomic E-state index is 11.7. The van der Waals surface area contributed by atoms with Crippen LogP contribution >= 0.6 is 0 Å². The lowest BCUT2D eigenvalue weighted by atomic mass is 10.1. The van der Waals surface area contributed by atoms with Gasteiger partial charge in [0.05, 0.1) is 30.4 Å². The van der Waals surface area contributed by atoms with Gasteiger partial charge in [-0.15, -0.1) is 0 Å². The fourth-order valence-electron chi connectivity index (χ4n) is 3.96. The van der Waals surface area contributed by atoms with Gasteiger partial charge in [0.1, 0.15) is 17.2 Å². The average Bonchev–Trinajstić information content (AvgIpc) is 2.78. The Bertz CT molecular complexity index is 1220. The third-order valence-electron chi connectivity index (χ3n) is 5.46. The van der Waals surface area contributed by atoms with E-state index in [4.69, 9.17) is 8.92 Å². The summed E-state index contributed by atoms with van der Waals surface area (Å²) in [6, 6.07) is 17.9. The van der Waals surface area contributed by atoms with Crippen LogP contribution in [0.2, 0.25) is 0 Å². The first kappa shape index (κ1) is 22.9. The highest BCUT2D eigenvalue weighted by Crippen LogP contribution is 2.31. The summed E-state index contributed by atoms with van der Waals surface area (Å²) < 4.78 is 34.1. The molecule has 2 heterocycles. The number of benzene rings is 2. The van der Waals surface area contributed by atoms with Crippen LogP contribution in [0, 0.1) is 0 Å². The van der Waals surface area contributed by atoms with Crippen molar-refractivity contribution in [2.24, 2.45) is 0 Å². The molecule has 0 amide bonds. The lowest BCUT2D eigenvalue weighted by Gasteiger charge is -2.36. The molecule has 0 atom stereocenters. The molecule has 3 aromatic rings. The highest BCUT2D eigenvalue weighted by molar-refractivity contribution is 7.86. The van der Waals surface area contributed by atoms with Crippen LogP contribution in [0.4, 0.5) is 5.69 Å². The molecule has 0 unspecified atom stereocenters. The zero-order valence-corrected chi connectivity index (χ0v) is 19.5. The van der Waals surface area contributed by atoms with E-state index in [0.717, 1.165) is 43.9 Å². The van der Waals surface area contributed by atoms with E-state index in [1.807, 2.05) is 18.2 Å². The van der Waals surface area contributed by atoms with Crippen LogP contribution in [0.3, 0.4) is 0 Å². The van der Waals surface area contributed by atoms with Crippen molar-refractivity contribution in [1.82, 2.24) is 9.88 Å². The topological polar surface area (TPSA) is 92.2 Å². The Morgan fingerprint density at radius 3 is 2.39 bits per heavy atom. The summed E-state index contributed by atoms with van der Waals surface area (Å²) in [7, 11) is -2.03. The first-order valence-electron chi connectivity index (χ1n) is 10.6. The number of aromatic nitrogens is 1. The van der Waals surface area contributed by atoms with Gasteiger partial charge in [-0.05, 0) is 24.3 Å². The summed E-state index contributed by atoms with van der Waals surface area (Å²) in [4.78, 5) is 9.23. The number of piperazine rings is 1. The second kappa shape index (κ2) is 9.68. The number of aromatic hydroxyl groups is 1. The Kier molecular flexibility index (Phi) is 6.71. The summed E-state index contributed by atoms with van der Waals surface area (Å²) >= 11 is 0. The van der Waals surface area contributed by atoms with Crippen molar-refractivity contribution in [3.05, 3.63) is 66.4 Å². The van der Waals surface area contributed by atoms with E-state index < -0.39 is 10.1 Å². The Morgan fingerprint density at radius 2 is 1.70 bits per heavy atom. The molecule has 0 bridgehead atoms. The lowest BCUT2D eigenvalue weighted by Crippen LogP contribution is -2.46. The van der Waals surface area contributed by atoms with Crippen LogP contribution in [-0.2, 0) is 16.7 Å². The van der Waals surface area contributed by atoms with Crippen molar-refractivity contribution in [2.45, 2.75) is 6.54 Å². The van der Waals surface area contributed by atoms with Crippen LogP contribution in [-0.4, -0.2) is 63.0 Å². The molecule has 2 aromatic carbocycles. The Morgan fingerprint density at radius 1 is 1.00 bits per heavy atom. The first-order chi connectivity index (χ1) is 15.8. The van der Waals surface area contributed by atoms with Crippen molar-refractivity contribution in [3.8, 4) is 28.5 Å². The van der Waals surface area contributed by atoms with E-state index in [-0.39, 0.29) is 11.5 Å². The largest absolute Gasteiger partial charge is 0.507 e. The molecule has 33 heavy (non-hydrogen) atoms. The summed E-state index contributed by atoms with van der Waals surface area (Å²) in [5.74, 6) is 1.09. The van der Waals surface area contributed by atoms with Crippen LogP contribution < -0.4 is 13.8 Å². The van der Waals surface area contributed by atoms with E-state index in [1.54, 1.807) is 37.4 Å². The van der Waals surface area contributed by atoms with E-state index in [1.165, 1.54) is 6.07 Å². The van der Waals surface area contributed by atoms with E-state index >= 15 is 0 Å². The van der Waals surface area contributed by atoms with Gasteiger partial charge in [0.15, 0.2) is 0 Å². The number of pyridine rings is 1. The molecule has 0 spiro atoms. The number of ether oxygens (including phenoxy) is 1. The number of hydrogen-bond acceptors (Lipinski definition) is 8. The van der Waals surface area contributed by atoms with Crippen LogP contribution in [0.15, 0.2) is 60.7 Å². The minimum absolute atomic E-state index is 0.0675. The number of phenols is 1. The van der Waals surface area contributed by atoms with Crippen LogP contribution in [0.1, 0.15) is 5.69 Å². The zero-order chi connectivity index (χ0) is 23.4. The molecule has 1 aliphatic heterocycles.